The van der Waals surface area contributed by atoms with Crippen LogP contribution in [-0.4, -0.2) is 40.9 Å². The molecule has 0 amide bonds. The standard InChI is InChI=1S/C26H38O2.C25H36O2.C23H32O2.C22H30O2S/c1-10-11-18(19-14-21(25(4,5)6)23(27)12-16(19)2)20-15-22(26(7,8)9)24(28)13-17(20)3;1-9-16-11-18(22(26)20(13-16)24(3,4)5)15-19-12-17(10-2)14-21(23(19)27)25(6,7)8;1-14-9-16(20(24)18(11-14)22(3,4)5)13-17-10-15(2)12-19(21(17)25)23(6,7)8;1-13-9-17(23)15(21(3,4)5)11-19(13)25-20-12-16(22(6,7)8)18(24)10-14(20)2/h12-15,18,27-28H,10-11H2,1-9H3;11-14,26-27H,9-10,15H2,1-8H3;9-12,24-25H,13H2,1-8H3;9-12,23-24H,1-8H3. The molecule has 0 saturated carbocycles. The van der Waals surface area contributed by atoms with E-state index in [1.807, 2.05) is 50.2 Å². The molecule has 0 saturated heterocycles. The van der Waals surface area contributed by atoms with Crippen LogP contribution < -0.4 is 0 Å². The van der Waals surface area contributed by atoms with Crippen LogP contribution in [0.15, 0.2) is 107 Å². The Bertz CT molecular complexity index is 4090. The fourth-order valence-corrected chi connectivity index (χ4v) is 14.9. The van der Waals surface area contributed by atoms with Crippen molar-refractivity contribution in [1.29, 1.82) is 0 Å². The van der Waals surface area contributed by atoms with Crippen molar-refractivity contribution in [2.45, 2.75) is 326 Å². The van der Waals surface area contributed by atoms with E-state index in [0.717, 1.165) is 136 Å². The normalized spacial score (nSPS) is 12.5. The van der Waals surface area contributed by atoms with E-state index in [-0.39, 0.29) is 49.2 Å². The lowest BCUT2D eigenvalue weighted by Crippen LogP contribution is -2.16. The van der Waals surface area contributed by atoms with Crippen molar-refractivity contribution >= 4 is 11.8 Å². The third-order valence-corrected chi connectivity index (χ3v) is 21.4. The highest BCUT2D eigenvalue weighted by atomic mass is 32.2. The summed E-state index contributed by atoms with van der Waals surface area (Å²) in [6.07, 6.45) is 5.00. The zero-order valence-electron chi connectivity index (χ0n) is 71.0. The van der Waals surface area contributed by atoms with Gasteiger partial charge in [-0.05, 0) is 241 Å². The van der Waals surface area contributed by atoms with Crippen molar-refractivity contribution < 1.29 is 40.9 Å². The number of rotatable bonds is 12. The smallest absolute Gasteiger partial charge is 0.122 e. The number of hydrogen-bond acceptors (Lipinski definition) is 9. The Kier molecular flexibility index (Phi) is 28.0. The van der Waals surface area contributed by atoms with E-state index in [1.54, 1.807) is 11.8 Å². The van der Waals surface area contributed by atoms with Crippen LogP contribution in [-0.2, 0) is 69.0 Å². The minimum atomic E-state index is -0.131. The number of hydrogen-bond donors (Lipinski definition) is 8. The molecule has 8 aromatic carbocycles. The van der Waals surface area contributed by atoms with Crippen molar-refractivity contribution in [1.82, 2.24) is 0 Å². The third-order valence-electron chi connectivity index (χ3n) is 20.1. The maximum atomic E-state index is 11.0. The van der Waals surface area contributed by atoms with Gasteiger partial charge in [0.15, 0.2) is 0 Å². The molecular formula is C96H136O8S. The Morgan fingerprint density at radius 3 is 0.762 bits per heavy atom. The van der Waals surface area contributed by atoms with Crippen LogP contribution in [0.1, 0.15) is 328 Å². The first-order valence-corrected chi connectivity index (χ1v) is 39.0. The quantitative estimate of drug-likeness (QED) is 0.0595. The van der Waals surface area contributed by atoms with Gasteiger partial charge in [0, 0.05) is 39.7 Å². The molecule has 8 N–H and O–H groups in total. The summed E-state index contributed by atoms with van der Waals surface area (Å²) in [5.74, 6) is 3.11. The highest BCUT2D eigenvalue weighted by molar-refractivity contribution is 7.99. The van der Waals surface area contributed by atoms with Crippen LogP contribution in [0.5, 0.6) is 46.0 Å². The molecule has 0 spiro atoms. The third kappa shape index (κ3) is 22.6. The Morgan fingerprint density at radius 2 is 0.514 bits per heavy atom. The molecule has 8 aromatic rings. The van der Waals surface area contributed by atoms with Gasteiger partial charge in [-0.3, -0.25) is 0 Å². The van der Waals surface area contributed by atoms with E-state index in [2.05, 4.69) is 275 Å². The molecule has 0 heterocycles. The molecule has 0 aliphatic rings. The molecule has 0 bridgehead atoms. The second-order valence-electron chi connectivity index (χ2n) is 38.2. The van der Waals surface area contributed by atoms with Gasteiger partial charge in [-0.15, -0.1) is 0 Å². The molecule has 105 heavy (non-hydrogen) atoms. The monoisotopic (exact) mass is 1450 g/mol. The molecule has 0 fully saturated rings. The van der Waals surface area contributed by atoms with Crippen molar-refractivity contribution in [2.24, 2.45) is 0 Å². The largest absolute Gasteiger partial charge is 0.508 e. The van der Waals surface area contributed by atoms with Crippen LogP contribution in [0.25, 0.3) is 0 Å². The number of phenols is 8. The lowest BCUT2D eigenvalue weighted by Gasteiger charge is -2.29. The molecule has 0 aliphatic carbocycles. The number of aryl methyl sites for hydroxylation is 8. The Morgan fingerprint density at radius 1 is 0.276 bits per heavy atom. The first-order valence-electron chi connectivity index (χ1n) is 38.2. The zero-order valence-corrected chi connectivity index (χ0v) is 71.9. The van der Waals surface area contributed by atoms with Crippen molar-refractivity contribution in [3.05, 3.63) is 219 Å². The summed E-state index contributed by atoms with van der Waals surface area (Å²) in [6, 6.07) is 32.7. The van der Waals surface area contributed by atoms with Gasteiger partial charge in [0.1, 0.15) is 46.0 Å². The van der Waals surface area contributed by atoms with Crippen LogP contribution in [0.4, 0.5) is 0 Å². The Labute approximate surface area is 640 Å². The van der Waals surface area contributed by atoms with Crippen LogP contribution in [0, 0.1) is 41.5 Å². The summed E-state index contributed by atoms with van der Waals surface area (Å²) in [6.45, 7) is 69.6. The highest BCUT2D eigenvalue weighted by Crippen LogP contribution is 2.47. The van der Waals surface area contributed by atoms with E-state index in [1.165, 1.54) is 22.3 Å². The molecule has 574 valence electrons. The lowest BCUT2D eigenvalue weighted by molar-refractivity contribution is 0.434. The van der Waals surface area contributed by atoms with Gasteiger partial charge in [-0.25, -0.2) is 0 Å². The maximum Gasteiger partial charge on any atom is 0.122 e. The molecule has 0 unspecified atom stereocenters. The number of aromatic hydroxyl groups is 8. The summed E-state index contributed by atoms with van der Waals surface area (Å²) < 4.78 is 0. The lowest BCUT2D eigenvalue weighted by atomic mass is 9.76. The minimum Gasteiger partial charge on any atom is -0.508 e. The van der Waals surface area contributed by atoms with E-state index >= 15 is 0 Å². The first kappa shape index (κ1) is 88.1. The predicted octanol–water partition coefficient (Wildman–Crippen LogP) is 26.0. The molecular weight excluding hydrogens is 1310 g/mol. The number of benzene rings is 8. The Hall–Kier alpha value is -7.49. The molecule has 8 rings (SSSR count). The van der Waals surface area contributed by atoms with E-state index in [4.69, 9.17) is 0 Å². The van der Waals surface area contributed by atoms with Crippen LogP contribution in [0.3, 0.4) is 0 Å². The van der Waals surface area contributed by atoms with Crippen LogP contribution >= 0.6 is 11.8 Å². The highest BCUT2D eigenvalue weighted by Gasteiger charge is 2.31. The van der Waals surface area contributed by atoms with Gasteiger partial charge in [-0.2, -0.15) is 0 Å². The molecule has 0 radical (unpaired) electrons. The predicted molar refractivity (Wildman–Crippen MR) is 448 cm³/mol. The van der Waals surface area contributed by atoms with Gasteiger partial charge < -0.3 is 40.9 Å². The molecule has 9 heteroatoms. The summed E-state index contributed by atoms with van der Waals surface area (Å²) in [5, 5.41) is 85.3. The van der Waals surface area contributed by atoms with E-state index in [9.17, 15) is 40.9 Å². The maximum absolute atomic E-state index is 11.0. The fourth-order valence-electron chi connectivity index (χ4n) is 13.9. The van der Waals surface area contributed by atoms with Gasteiger partial charge in [0.05, 0.1) is 0 Å². The molecule has 8 nitrogen and oxygen atoms in total. The second-order valence-corrected chi connectivity index (χ2v) is 39.3. The van der Waals surface area contributed by atoms with Crippen molar-refractivity contribution in [2.75, 3.05) is 0 Å². The van der Waals surface area contributed by atoms with Crippen LogP contribution in [0.2, 0.25) is 0 Å². The van der Waals surface area contributed by atoms with Crippen molar-refractivity contribution in [3.8, 4) is 46.0 Å². The first-order chi connectivity index (χ1) is 47.8. The number of phenolic OH excluding ortho intramolecular Hbond substituents is 8. The van der Waals surface area contributed by atoms with Gasteiger partial charge >= 0.3 is 0 Å². The second kappa shape index (κ2) is 33.3. The van der Waals surface area contributed by atoms with Gasteiger partial charge in [0.2, 0.25) is 0 Å². The summed E-state index contributed by atoms with van der Waals surface area (Å²) in [5.41, 5.74) is 21.8. The van der Waals surface area contributed by atoms with E-state index < -0.39 is 0 Å². The minimum absolute atomic E-state index is 0.117. The molecule has 0 aromatic heterocycles. The average molecular weight is 1450 g/mol. The van der Waals surface area contributed by atoms with Gasteiger partial charge in [0.25, 0.3) is 0 Å². The van der Waals surface area contributed by atoms with Gasteiger partial charge in [-0.1, -0.05) is 277 Å². The van der Waals surface area contributed by atoms with E-state index in [0.29, 0.717) is 58.8 Å². The molecule has 0 atom stereocenters. The average Bonchev–Trinajstić information content (AvgIpc) is 0.821. The molecule has 0 aliphatic heterocycles. The zero-order chi connectivity index (χ0) is 80.3. The fraction of sp³-hybridized carbons (Fsp3) is 0.500. The topological polar surface area (TPSA) is 162 Å². The summed E-state index contributed by atoms with van der Waals surface area (Å²) >= 11 is 1.70. The van der Waals surface area contributed by atoms with Crippen molar-refractivity contribution in [3.63, 3.8) is 0 Å². The Balaban J connectivity index is 0.000000252. The summed E-state index contributed by atoms with van der Waals surface area (Å²) in [4.78, 5) is 2.27. The SMILES string of the molecule is CCCC(c1cc(C(C)(C)C)c(O)cc1C)c1cc(C(C)(C)C)c(O)cc1C.CCc1cc(Cc2cc(CC)cc(C(C)(C)C)c2O)c(O)c(C(C)(C)C)c1.Cc1cc(Cc2cc(C)cc(C(C)(C)C)c2O)c(O)c(C(C)(C)C)c1.Cc1cc(O)c(C(C)(C)C)cc1Sc1cc(C(C)(C)C)c(O)cc1C. The summed E-state index contributed by atoms with van der Waals surface area (Å²) in [7, 11) is 0.